The van der Waals surface area contributed by atoms with E-state index in [1.807, 2.05) is 19.9 Å². The van der Waals surface area contributed by atoms with Crippen molar-refractivity contribution in [3.63, 3.8) is 0 Å². The van der Waals surface area contributed by atoms with Gasteiger partial charge >= 0.3 is 11.9 Å². The summed E-state index contributed by atoms with van der Waals surface area (Å²) in [6, 6.07) is 1.81. The third-order valence-corrected chi connectivity index (χ3v) is 8.43. The van der Waals surface area contributed by atoms with Gasteiger partial charge in [0, 0.05) is 18.4 Å². The maximum Gasteiger partial charge on any atom is 0.315 e. The number of rotatable bonds is 1. The minimum Gasteiger partial charge on any atom is -0.472 e. The molecule has 7 rings (SSSR count). The quantitative estimate of drug-likeness (QED) is 0.698. The van der Waals surface area contributed by atoms with Gasteiger partial charge in [-0.05, 0) is 25.3 Å². The van der Waals surface area contributed by atoms with E-state index in [0.29, 0.717) is 19.3 Å². The summed E-state index contributed by atoms with van der Waals surface area (Å²) in [7, 11) is 0. The number of esters is 2. The Hall–Kier alpha value is -1.86. The first kappa shape index (κ1) is 16.1. The van der Waals surface area contributed by atoms with Crippen LogP contribution in [0.15, 0.2) is 23.0 Å². The molecule has 1 aromatic rings. The van der Waals surface area contributed by atoms with Crippen LogP contribution in [0.2, 0.25) is 0 Å². The van der Waals surface area contributed by atoms with Gasteiger partial charge < -0.3 is 23.4 Å². The molecule has 1 aliphatic carbocycles. The molecule has 1 aromatic heterocycles. The third-order valence-electron chi connectivity index (χ3n) is 8.43. The van der Waals surface area contributed by atoms with Gasteiger partial charge in [-0.2, -0.15) is 0 Å². The lowest BCUT2D eigenvalue weighted by Crippen LogP contribution is -2.86. The second kappa shape index (κ2) is 4.25. The highest BCUT2D eigenvalue weighted by atomic mass is 16.8. The molecule has 7 nitrogen and oxygen atoms in total. The lowest BCUT2D eigenvalue weighted by Gasteiger charge is -2.76. The summed E-state index contributed by atoms with van der Waals surface area (Å²) >= 11 is 0. The van der Waals surface area contributed by atoms with Crippen LogP contribution in [-0.2, 0) is 34.3 Å². The Balaban J connectivity index is 1.67. The first-order valence-electron chi connectivity index (χ1n) is 9.57. The largest absolute Gasteiger partial charge is 0.472 e. The third kappa shape index (κ3) is 1.36. The molecule has 5 bridgehead atoms. The van der Waals surface area contributed by atoms with E-state index in [1.54, 1.807) is 12.5 Å². The highest BCUT2D eigenvalue weighted by Gasteiger charge is 2.89. The minimum absolute atomic E-state index is 0.0646. The van der Waals surface area contributed by atoms with Gasteiger partial charge in [-0.1, -0.05) is 13.8 Å². The second-order valence-electron chi connectivity index (χ2n) is 9.18. The van der Waals surface area contributed by atoms with E-state index in [1.165, 1.54) is 0 Å². The van der Waals surface area contributed by atoms with Crippen LogP contribution < -0.4 is 0 Å². The van der Waals surface area contributed by atoms with E-state index in [-0.39, 0.29) is 30.4 Å². The highest BCUT2D eigenvalue weighted by molar-refractivity contribution is 5.82. The zero-order valence-electron chi connectivity index (χ0n) is 15.6. The number of carbonyl (C=O) groups is 2. The van der Waals surface area contributed by atoms with E-state index < -0.39 is 28.0 Å². The maximum atomic E-state index is 12.8. The average Bonchev–Trinajstić information content (AvgIpc) is 3.24. The Morgan fingerprint density at radius 3 is 2.70 bits per heavy atom. The molecule has 5 saturated heterocycles. The number of ether oxygens (including phenoxy) is 4. The van der Waals surface area contributed by atoms with E-state index in [0.717, 1.165) is 5.56 Å². The van der Waals surface area contributed by atoms with Crippen molar-refractivity contribution < 1.29 is 33.0 Å². The molecule has 0 radical (unpaired) electrons. The summed E-state index contributed by atoms with van der Waals surface area (Å²) in [4.78, 5) is 25.5. The molecule has 6 fully saturated rings. The van der Waals surface area contributed by atoms with Crippen molar-refractivity contribution in [3.05, 3.63) is 24.2 Å². The average molecular weight is 374 g/mol. The molecule has 6 aliphatic rings. The zero-order chi connectivity index (χ0) is 18.9. The van der Waals surface area contributed by atoms with Crippen LogP contribution in [0.3, 0.4) is 0 Å². The molecule has 27 heavy (non-hydrogen) atoms. The van der Waals surface area contributed by atoms with Gasteiger partial charge in [0.1, 0.15) is 12.2 Å². The summed E-state index contributed by atoms with van der Waals surface area (Å²) in [6.45, 7) is 6.02. The molecule has 0 amide bonds. The molecule has 1 saturated carbocycles. The van der Waals surface area contributed by atoms with E-state index in [2.05, 4.69) is 6.92 Å². The van der Waals surface area contributed by atoms with Crippen molar-refractivity contribution in [1.82, 2.24) is 0 Å². The first-order valence-corrected chi connectivity index (χ1v) is 9.57. The van der Waals surface area contributed by atoms with Crippen LogP contribution in [0.4, 0.5) is 0 Å². The van der Waals surface area contributed by atoms with Crippen LogP contribution in [-0.4, -0.2) is 29.9 Å². The number of carbonyl (C=O) groups excluding carboxylic acids is 2. The van der Waals surface area contributed by atoms with Crippen molar-refractivity contribution in [2.75, 3.05) is 6.61 Å². The summed E-state index contributed by atoms with van der Waals surface area (Å²) in [5, 5.41) is 0. The van der Waals surface area contributed by atoms with Gasteiger partial charge in [-0.15, -0.1) is 0 Å². The van der Waals surface area contributed by atoms with Gasteiger partial charge in [0.05, 0.1) is 29.3 Å². The smallest absolute Gasteiger partial charge is 0.315 e. The van der Waals surface area contributed by atoms with Crippen LogP contribution in [0.5, 0.6) is 0 Å². The SMILES string of the molecule is CC1C(=O)OC23CCC4(C)C(=O)OCC45OC(c4ccoc4)(CC1C25C)O3. The fourth-order valence-corrected chi connectivity index (χ4v) is 6.78. The van der Waals surface area contributed by atoms with E-state index in [4.69, 9.17) is 23.4 Å². The summed E-state index contributed by atoms with van der Waals surface area (Å²) in [5.41, 5.74) is -1.68. The van der Waals surface area contributed by atoms with Crippen molar-refractivity contribution in [3.8, 4) is 0 Å². The van der Waals surface area contributed by atoms with Gasteiger partial charge in [-0.25, -0.2) is 0 Å². The number of hydrogen-bond acceptors (Lipinski definition) is 7. The Labute approximate surface area is 156 Å². The summed E-state index contributed by atoms with van der Waals surface area (Å²) in [6.07, 6.45) is 4.61. The molecule has 6 heterocycles. The lowest BCUT2D eigenvalue weighted by molar-refractivity contribution is -0.555. The predicted octanol–water partition coefficient (Wildman–Crippen LogP) is 2.49. The van der Waals surface area contributed by atoms with Crippen LogP contribution in [0, 0.1) is 22.7 Å². The first-order chi connectivity index (χ1) is 12.7. The zero-order valence-corrected chi connectivity index (χ0v) is 15.6. The van der Waals surface area contributed by atoms with E-state index in [9.17, 15) is 9.59 Å². The molecule has 7 heteroatoms. The second-order valence-corrected chi connectivity index (χ2v) is 9.18. The number of hydrogen-bond donors (Lipinski definition) is 0. The minimum atomic E-state index is -1.14. The maximum absolute atomic E-state index is 12.8. The fourth-order valence-electron chi connectivity index (χ4n) is 6.78. The Bertz CT molecular complexity index is 879. The summed E-state index contributed by atoms with van der Waals surface area (Å²) < 4.78 is 30.3. The number of cyclic esters (lactones) is 1. The lowest BCUT2D eigenvalue weighted by atomic mass is 9.41. The predicted molar refractivity (Wildman–Crippen MR) is 87.8 cm³/mol. The number of furan rings is 1. The molecule has 0 aromatic carbocycles. The molecule has 7 atom stereocenters. The molecular formula is C20H22O7. The fraction of sp³-hybridized carbons (Fsp3) is 0.700. The van der Waals surface area contributed by atoms with Gasteiger partial charge in [-0.3, -0.25) is 9.59 Å². The van der Waals surface area contributed by atoms with E-state index >= 15 is 0 Å². The van der Waals surface area contributed by atoms with Crippen LogP contribution in [0.1, 0.15) is 45.6 Å². The van der Waals surface area contributed by atoms with Gasteiger partial charge in [0.25, 0.3) is 0 Å². The molecule has 7 unspecified atom stereocenters. The van der Waals surface area contributed by atoms with Gasteiger partial charge in [0.15, 0.2) is 0 Å². The Morgan fingerprint density at radius 2 is 1.96 bits per heavy atom. The Morgan fingerprint density at radius 1 is 1.15 bits per heavy atom. The highest BCUT2D eigenvalue weighted by Crippen LogP contribution is 2.78. The van der Waals surface area contributed by atoms with Crippen molar-refractivity contribution in [1.29, 1.82) is 0 Å². The topological polar surface area (TPSA) is 84.2 Å². The Kier molecular flexibility index (Phi) is 2.54. The van der Waals surface area contributed by atoms with Crippen molar-refractivity contribution in [2.24, 2.45) is 22.7 Å². The standard InChI is InChI=1S/C20H22O7/c1-11-13-8-18(12-4-7-23-9-12)26-19-10-24-15(22)16(19,2)5-6-20(27-18,17(13,19)3)25-14(11)21/h4,7,9,11,13H,5-6,8,10H2,1-3H3. The molecule has 144 valence electrons. The monoisotopic (exact) mass is 374 g/mol. The molecule has 0 N–H and O–H groups in total. The van der Waals surface area contributed by atoms with Crippen molar-refractivity contribution in [2.45, 2.75) is 57.2 Å². The van der Waals surface area contributed by atoms with Crippen LogP contribution >= 0.6 is 0 Å². The van der Waals surface area contributed by atoms with Gasteiger partial charge in [0.2, 0.25) is 11.6 Å². The van der Waals surface area contributed by atoms with Crippen molar-refractivity contribution >= 4 is 11.9 Å². The normalized spacial score (nSPS) is 55.1. The summed E-state index contributed by atoms with van der Waals surface area (Å²) in [5.74, 6) is -3.14. The molecular weight excluding hydrogens is 352 g/mol. The molecule has 5 aliphatic heterocycles. The molecule has 1 spiro atoms. The van der Waals surface area contributed by atoms with Crippen LogP contribution in [0.25, 0.3) is 0 Å².